The summed E-state index contributed by atoms with van der Waals surface area (Å²) in [4.78, 5) is 54.5. The molecule has 8 nitrogen and oxygen atoms in total. The van der Waals surface area contributed by atoms with Crippen LogP contribution < -0.4 is 18.9 Å². The molecule has 0 aromatic heterocycles. The topological polar surface area (TPSA) is 105 Å². The molecule has 0 atom stereocenters. The number of hydrogen-bond donors (Lipinski definition) is 0. The van der Waals surface area contributed by atoms with Gasteiger partial charge in [0.1, 0.15) is 23.0 Å². The molecule has 9 heteroatoms. The van der Waals surface area contributed by atoms with E-state index in [1.807, 2.05) is 0 Å². The van der Waals surface area contributed by atoms with Crippen molar-refractivity contribution in [2.24, 2.45) is 5.41 Å². The maximum atomic E-state index is 13.8. The van der Waals surface area contributed by atoms with Crippen molar-refractivity contribution in [2.75, 3.05) is 0 Å². The third-order valence-corrected chi connectivity index (χ3v) is 5.95. The van der Waals surface area contributed by atoms with Crippen LogP contribution in [0.4, 0.5) is 0 Å². The van der Waals surface area contributed by atoms with Crippen molar-refractivity contribution in [2.45, 2.75) is 6.42 Å². The third kappa shape index (κ3) is 7.26. The van der Waals surface area contributed by atoms with Gasteiger partial charge >= 0.3 is 23.9 Å². The zero-order valence-corrected chi connectivity index (χ0v) is 22.3. The standard InChI is InChI=1S/C32H23ClO8/c1-22(28(34)38-27-19-17-23(33)18-20-27)21-32(29(35)39-24-11-5-2-6-12-24,30(36)40-25-13-7-3-8-14-25)31(37)41-26-15-9-4-10-16-26/h2-20H,1,21H2. The molecule has 0 N–H and O–H groups in total. The largest absolute Gasteiger partial charge is 0.425 e. The van der Waals surface area contributed by atoms with Crippen molar-refractivity contribution in [1.29, 1.82) is 0 Å². The fraction of sp³-hybridized carbons (Fsp3) is 0.0625. The fourth-order valence-electron chi connectivity index (χ4n) is 3.59. The summed E-state index contributed by atoms with van der Waals surface area (Å²) < 4.78 is 21.7. The molecule has 0 heterocycles. The van der Waals surface area contributed by atoms with E-state index < -0.39 is 41.3 Å². The second kappa shape index (κ2) is 13.2. The Balaban J connectivity index is 1.74. The zero-order valence-electron chi connectivity index (χ0n) is 21.5. The van der Waals surface area contributed by atoms with E-state index in [1.165, 1.54) is 60.7 Å². The highest BCUT2D eigenvalue weighted by atomic mass is 35.5. The van der Waals surface area contributed by atoms with E-state index in [-0.39, 0.29) is 23.0 Å². The summed E-state index contributed by atoms with van der Waals surface area (Å²) in [6.07, 6.45) is -0.873. The lowest BCUT2D eigenvalue weighted by Crippen LogP contribution is -2.53. The van der Waals surface area contributed by atoms with E-state index in [2.05, 4.69) is 6.58 Å². The van der Waals surface area contributed by atoms with Crippen molar-refractivity contribution in [3.8, 4) is 23.0 Å². The molecule has 4 rings (SSSR count). The van der Waals surface area contributed by atoms with Gasteiger partial charge < -0.3 is 18.9 Å². The molecule has 41 heavy (non-hydrogen) atoms. The molecule has 0 aliphatic carbocycles. The van der Waals surface area contributed by atoms with Gasteiger partial charge in [0, 0.05) is 17.0 Å². The second-order valence-corrected chi connectivity index (χ2v) is 9.07. The van der Waals surface area contributed by atoms with Gasteiger partial charge in [-0.15, -0.1) is 0 Å². The lowest BCUT2D eigenvalue weighted by molar-refractivity contribution is -0.171. The summed E-state index contributed by atoms with van der Waals surface area (Å²) >= 11 is 5.89. The van der Waals surface area contributed by atoms with E-state index >= 15 is 0 Å². The predicted molar refractivity (Wildman–Crippen MR) is 150 cm³/mol. The summed E-state index contributed by atoms with van der Waals surface area (Å²) in [5.41, 5.74) is -3.22. The van der Waals surface area contributed by atoms with E-state index in [1.54, 1.807) is 54.6 Å². The van der Waals surface area contributed by atoms with Gasteiger partial charge in [0.15, 0.2) is 0 Å². The smallest absolute Gasteiger partial charge is 0.340 e. The summed E-state index contributed by atoms with van der Waals surface area (Å²) in [5.74, 6) is -4.80. The first-order valence-corrected chi connectivity index (χ1v) is 12.6. The van der Waals surface area contributed by atoms with E-state index in [0.29, 0.717) is 5.02 Å². The number of carbonyl (C=O) groups excluding carboxylic acids is 4. The monoisotopic (exact) mass is 570 g/mol. The van der Waals surface area contributed by atoms with Gasteiger partial charge in [-0.2, -0.15) is 0 Å². The Labute approximate surface area is 240 Å². The average Bonchev–Trinajstić information content (AvgIpc) is 2.98. The fourth-order valence-corrected chi connectivity index (χ4v) is 3.71. The SMILES string of the molecule is C=C(CC(C(=O)Oc1ccccc1)(C(=O)Oc1ccccc1)C(=O)Oc1ccccc1)C(=O)Oc1ccc(Cl)cc1. The minimum atomic E-state index is -2.82. The van der Waals surface area contributed by atoms with Crippen LogP contribution in [0.1, 0.15) is 6.42 Å². The Morgan fingerprint density at radius 3 is 1.24 bits per heavy atom. The first-order valence-electron chi connectivity index (χ1n) is 12.3. The summed E-state index contributed by atoms with van der Waals surface area (Å²) in [5, 5.41) is 0.415. The third-order valence-electron chi connectivity index (χ3n) is 5.70. The Morgan fingerprint density at radius 2 is 0.878 bits per heavy atom. The molecule has 0 spiro atoms. The van der Waals surface area contributed by atoms with Crippen molar-refractivity contribution in [3.05, 3.63) is 132 Å². The van der Waals surface area contributed by atoms with Crippen LogP contribution in [0.25, 0.3) is 0 Å². The lowest BCUT2D eigenvalue weighted by Gasteiger charge is -2.27. The Morgan fingerprint density at radius 1 is 0.537 bits per heavy atom. The molecule has 0 saturated heterocycles. The van der Waals surface area contributed by atoms with E-state index in [4.69, 9.17) is 30.5 Å². The normalized spacial score (nSPS) is 10.7. The molecule has 4 aromatic carbocycles. The second-order valence-electron chi connectivity index (χ2n) is 8.64. The Bertz CT molecular complexity index is 1410. The number of rotatable bonds is 10. The Hall–Kier alpha value is -5.21. The van der Waals surface area contributed by atoms with Gasteiger partial charge in [0.05, 0.1) is 0 Å². The van der Waals surface area contributed by atoms with Crippen LogP contribution in [-0.4, -0.2) is 23.9 Å². The first-order chi connectivity index (χ1) is 19.8. The van der Waals surface area contributed by atoms with Crippen molar-refractivity contribution in [3.63, 3.8) is 0 Å². The minimum Gasteiger partial charge on any atom is -0.425 e. The molecule has 206 valence electrons. The van der Waals surface area contributed by atoms with E-state index in [9.17, 15) is 19.2 Å². The molecule has 4 aromatic rings. The quantitative estimate of drug-likeness (QED) is 0.0990. The molecule has 0 bridgehead atoms. The van der Waals surface area contributed by atoms with Gasteiger partial charge in [0.25, 0.3) is 5.41 Å². The van der Waals surface area contributed by atoms with Gasteiger partial charge in [-0.3, -0.25) is 0 Å². The van der Waals surface area contributed by atoms with Crippen LogP contribution in [-0.2, 0) is 19.2 Å². The average molecular weight is 571 g/mol. The van der Waals surface area contributed by atoms with Crippen molar-refractivity contribution < 1.29 is 38.1 Å². The molecule has 0 aliphatic heterocycles. The Kier molecular flexibility index (Phi) is 9.29. The molecule has 0 amide bonds. The molecular formula is C32H23ClO8. The number of esters is 4. The van der Waals surface area contributed by atoms with E-state index in [0.717, 1.165) is 0 Å². The molecule has 0 saturated carbocycles. The highest BCUT2D eigenvalue weighted by Gasteiger charge is 2.59. The van der Waals surface area contributed by atoms with Gasteiger partial charge in [-0.25, -0.2) is 19.2 Å². The maximum absolute atomic E-state index is 13.8. The number of halogens is 1. The highest BCUT2D eigenvalue weighted by molar-refractivity contribution is 6.30. The number of para-hydroxylation sites is 3. The molecular weight excluding hydrogens is 548 g/mol. The van der Waals surface area contributed by atoms with Gasteiger partial charge in [0.2, 0.25) is 0 Å². The zero-order chi connectivity index (χ0) is 29.2. The minimum absolute atomic E-state index is 0.0382. The van der Waals surface area contributed by atoms with Crippen LogP contribution in [0.15, 0.2) is 127 Å². The summed E-state index contributed by atoms with van der Waals surface area (Å²) in [7, 11) is 0. The van der Waals surface area contributed by atoms with Gasteiger partial charge in [-0.05, 0) is 60.7 Å². The van der Waals surface area contributed by atoms with Crippen LogP contribution in [0.5, 0.6) is 23.0 Å². The maximum Gasteiger partial charge on any atom is 0.340 e. The molecule has 0 fully saturated rings. The molecule has 0 aliphatic rings. The lowest BCUT2D eigenvalue weighted by atomic mass is 9.81. The van der Waals surface area contributed by atoms with Crippen molar-refractivity contribution >= 4 is 35.5 Å². The van der Waals surface area contributed by atoms with Crippen LogP contribution in [0.3, 0.4) is 0 Å². The molecule has 0 unspecified atom stereocenters. The summed E-state index contributed by atoms with van der Waals surface area (Å²) in [6, 6.07) is 29.3. The van der Waals surface area contributed by atoms with Crippen LogP contribution in [0.2, 0.25) is 5.02 Å². The molecule has 0 radical (unpaired) electrons. The van der Waals surface area contributed by atoms with Crippen molar-refractivity contribution in [1.82, 2.24) is 0 Å². The number of carbonyl (C=O) groups is 4. The first kappa shape index (κ1) is 28.8. The number of hydrogen-bond acceptors (Lipinski definition) is 8. The van der Waals surface area contributed by atoms with Crippen LogP contribution >= 0.6 is 11.6 Å². The summed E-state index contributed by atoms with van der Waals surface area (Å²) in [6.45, 7) is 3.70. The predicted octanol–water partition coefficient (Wildman–Crippen LogP) is 5.99. The van der Waals surface area contributed by atoms with Gasteiger partial charge in [-0.1, -0.05) is 72.8 Å². The van der Waals surface area contributed by atoms with Crippen LogP contribution in [0, 0.1) is 5.41 Å². The highest BCUT2D eigenvalue weighted by Crippen LogP contribution is 2.34. The number of benzene rings is 4. The number of ether oxygens (including phenoxy) is 4.